The van der Waals surface area contributed by atoms with E-state index in [0.29, 0.717) is 17.5 Å². The molecule has 0 N–H and O–H groups in total. The van der Waals surface area contributed by atoms with Gasteiger partial charge in [0.1, 0.15) is 5.65 Å². The molecular weight excluding hydrogens is 661 g/mol. The highest BCUT2D eigenvalue weighted by Crippen LogP contribution is 2.38. The van der Waals surface area contributed by atoms with Gasteiger partial charge in [-0.3, -0.25) is 4.57 Å². The Labute approximate surface area is 310 Å². The maximum Gasteiger partial charge on any atom is 0.164 e. The minimum atomic E-state index is 0.621. The fourth-order valence-corrected chi connectivity index (χ4v) is 7.96. The molecular formula is C48H30N6. The molecule has 54 heavy (non-hydrogen) atoms. The van der Waals surface area contributed by atoms with Crippen molar-refractivity contribution < 1.29 is 0 Å². The molecule has 0 saturated carbocycles. The van der Waals surface area contributed by atoms with Gasteiger partial charge in [0.25, 0.3) is 0 Å². The number of rotatable bonds is 5. The lowest BCUT2D eigenvalue weighted by atomic mass is 10.0. The molecule has 7 aromatic carbocycles. The van der Waals surface area contributed by atoms with Crippen molar-refractivity contribution >= 4 is 54.5 Å². The number of pyridine rings is 1. The van der Waals surface area contributed by atoms with E-state index >= 15 is 0 Å². The average molecular weight is 691 g/mol. The third kappa shape index (κ3) is 4.74. The van der Waals surface area contributed by atoms with Gasteiger partial charge in [0.2, 0.25) is 0 Å². The zero-order valence-electron chi connectivity index (χ0n) is 29.0. The third-order valence-electron chi connectivity index (χ3n) is 10.4. The van der Waals surface area contributed by atoms with E-state index in [0.717, 1.165) is 77.2 Å². The Bertz CT molecular complexity index is 3160. The summed E-state index contributed by atoms with van der Waals surface area (Å²) in [6, 6.07) is 61.4. The molecule has 6 heteroatoms. The quantitative estimate of drug-likeness (QED) is 0.180. The van der Waals surface area contributed by atoms with E-state index in [2.05, 4.69) is 149 Å². The Hall–Kier alpha value is -7.44. The molecule has 0 bridgehead atoms. The van der Waals surface area contributed by atoms with Gasteiger partial charge in [0, 0.05) is 55.8 Å². The second kappa shape index (κ2) is 12.1. The molecule has 6 nitrogen and oxygen atoms in total. The SMILES string of the molecule is c1ccc(-c2nc(-c3ccc4c5ccc(-n6c7ccccc7c7cccnc76)cc5n(-c5ccccc5)c4c3)nc(-c3cccc4ccccc34)n2)cc1. The Kier molecular flexibility index (Phi) is 6.75. The van der Waals surface area contributed by atoms with Crippen LogP contribution in [0.15, 0.2) is 182 Å². The number of benzene rings is 7. The van der Waals surface area contributed by atoms with Gasteiger partial charge in [-0.1, -0.05) is 127 Å². The predicted molar refractivity (Wildman–Crippen MR) is 220 cm³/mol. The van der Waals surface area contributed by atoms with Crippen LogP contribution in [-0.2, 0) is 0 Å². The van der Waals surface area contributed by atoms with E-state index in [1.54, 1.807) is 0 Å². The topological polar surface area (TPSA) is 61.4 Å². The molecule has 0 aliphatic rings. The predicted octanol–water partition coefficient (Wildman–Crippen LogP) is 11.6. The van der Waals surface area contributed by atoms with Crippen molar-refractivity contribution in [1.82, 2.24) is 29.1 Å². The van der Waals surface area contributed by atoms with E-state index in [9.17, 15) is 0 Å². The fourth-order valence-electron chi connectivity index (χ4n) is 7.96. The van der Waals surface area contributed by atoms with Gasteiger partial charge in [-0.25, -0.2) is 19.9 Å². The first-order valence-electron chi connectivity index (χ1n) is 18.1. The van der Waals surface area contributed by atoms with E-state index in [1.807, 2.05) is 42.6 Å². The second-order valence-electron chi connectivity index (χ2n) is 13.5. The van der Waals surface area contributed by atoms with Crippen molar-refractivity contribution in [3.8, 4) is 45.5 Å². The summed E-state index contributed by atoms with van der Waals surface area (Å²) in [5.74, 6) is 1.90. The molecule has 0 atom stereocenters. The maximum absolute atomic E-state index is 5.18. The summed E-state index contributed by atoms with van der Waals surface area (Å²) in [6.07, 6.45) is 1.87. The largest absolute Gasteiger partial charge is 0.309 e. The van der Waals surface area contributed by atoms with Gasteiger partial charge < -0.3 is 4.57 Å². The average Bonchev–Trinajstić information content (AvgIpc) is 3.76. The summed E-state index contributed by atoms with van der Waals surface area (Å²) < 4.78 is 4.62. The smallest absolute Gasteiger partial charge is 0.164 e. The van der Waals surface area contributed by atoms with Gasteiger partial charge in [-0.15, -0.1) is 0 Å². The molecule has 0 fully saturated rings. The molecule has 11 aromatic rings. The Balaban J connectivity index is 1.16. The first-order valence-corrected chi connectivity index (χ1v) is 18.1. The summed E-state index contributed by atoms with van der Waals surface area (Å²) >= 11 is 0. The van der Waals surface area contributed by atoms with Gasteiger partial charge in [0.15, 0.2) is 17.5 Å². The summed E-state index contributed by atoms with van der Waals surface area (Å²) in [7, 11) is 0. The molecule has 4 heterocycles. The van der Waals surface area contributed by atoms with Crippen LogP contribution in [0.3, 0.4) is 0 Å². The standard InChI is InChI=1S/C48H30N6/c1-3-14-32(15-4-1)45-50-46(52-47(51-45)40-21-11-16-31-13-7-8-19-36(31)40)33-24-26-38-39-27-25-35(30-44(39)53(43(38)29-33)34-17-5-2-6-18-34)54-42-23-10-9-20-37(42)41-22-12-28-49-48(41)54/h1-30H. The molecule has 11 rings (SSSR count). The Morgan fingerprint density at radius 1 is 0.352 bits per heavy atom. The zero-order chi connectivity index (χ0) is 35.6. The number of hydrogen-bond donors (Lipinski definition) is 0. The molecule has 0 radical (unpaired) electrons. The number of hydrogen-bond acceptors (Lipinski definition) is 4. The molecule has 4 aromatic heterocycles. The summed E-state index contributed by atoms with van der Waals surface area (Å²) in [5, 5.41) is 6.87. The second-order valence-corrected chi connectivity index (χ2v) is 13.5. The van der Waals surface area contributed by atoms with E-state index in [4.69, 9.17) is 19.9 Å². The first kappa shape index (κ1) is 30.2. The number of nitrogens with zero attached hydrogens (tertiary/aromatic N) is 6. The Morgan fingerprint density at radius 3 is 1.83 bits per heavy atom. The van der Waals surface area contributed by atoms with Crippen LogP contribution >= 0.6 is 0 Å². The minimum Gasteiger partial charge on any atom is -0.309 e. The van der Waals surface area contributed by atoms with Crippen LogP contribution in [0.4, 0.5) is 0 Å². The van der Waals surface area contributed by atoms with Crippen molar-refractivity contribution in [3.63, 3.8) is 0 Å². The van der Waals surface area contributed by atoms with Crippen LogP contribution in [0.1, 0.15) is 0 Å². The van der Waals surface area contributed by atoms with Crippen molar-refractivity contribution in [2.75, 3.05) is 0 Å². The number of fused-ring (bicyclic) bond motifs is 7. The maximum atomic E-state index is 5.18. The third-order valence-corrected chi connectivity index (χ3v) is 10.4. The van der Waals surface area contributed by atoms with Crippen molar-refractivity contribution in [1.29, 1.82) is 0 Å². The lowest BCUT2D eigenvalue weighted by Gasteiger charge is -2.12. The van der Waals surface area contributed by atoms with Crippen LogP contribution in [0.5, 0.6) is 0 Å². The minimum absolute atomic E-state index is 0.621. The van der Waals surface area contributed by atoms with Crippen LogP contribution in [-0.4, -0.2) is 29.1 Å². The number of aromatic nitrogens is 6. The monoisotopic (exact) mass is 690 g/mol. The molecule has 0 aliphatic carbocycles. The molecule has 252 valence electrons. The van der Waals surface area contributed by atoms with Crippen molar-refractivity contribution in [3.05, 3.63) is 182 Å². The van der Waals surface area contributed by atoms with E-state index in [-0.39, 0.29) is 0 Å². The summed E-state index contributed by atoms with van der Waals surface area (Å²) in [6.45, 7) is 0. The fraction of sp³-hybridized carbons (Fsp3) is 0. The highest BCUT2D eigenvalue weighted by Gasteiger charge is 2.19. The molecule has 0 aliphatic heterocycles. The molecule has 0 amide bonds. The van der Waals surface area contributed by atoms with Crippen molar-refractivity contribution in [2.24, 2.45) is 0 Å². The molecule has 0 unspecified atom stereocenters. The highest BCUT2D eigenvalue weighted by atomic mass is 15.1. The summed E-state index contributed by atoms with van der Waals surface area (Å²) in [5.41, 5.74) is 9.19. The zero-order valence-corrected chi connectivity index (χ0v) is 29.0. The van der Waals surface area contributed by atoms with Gasteiger partial charge >= 0.3 is 0 Å². The summed E-state index contributed by atoms with van der Waals surface area (Å²) in [4.78, 5) is 20.2. The van der Waals surface area contributed by atoms with Crippen LogP contribution in [0.2, 0.25) is 0 Å². The van der Waals surface area contributed by atoms with Crippen LogP contribution < -0.4 is 0 Å². The van der Waals surface area contributed by atoms with E-state index < -0.39 is 0 Å². The van der Waals surface area contributed by atoms with Gasteiger partial charge in [-0.05, 0) is 59.3 Å². The van der Waals surface area contributed by atoms with Crippen molar-refractivity contribution in [2.45, 2.75) is 0 Å². The molecule has 0 saturated heterocycles. The van der Waals surface area contributed by atoms with Crippen LogP contribution in [0.25, 0.3) is 100 Å². The number of para-hydroxylation sites is 2. The highest BCUT2D eigenvalue weighted by molar-refractivity contribution is 6.12. The first-order chi connectivity index (χ1) is 26.8. The van der Waals surface area contributed by atoms with Crippen LogP contribution in [0, 0.1) is 0 Å². The molecule has 0 spiro atoms. The normalized spacial score (nSPS) is 11.7. The van der Waals surface area contributed by atoms with Gasteiger partial charge in [-0.2, -0.15) is 0 Å². The van der Waals surface area contributed by atoms with Gasteiger partial charge in [0.05, 0.1) is 16.6 Å². The lowest BCUT2D eigenvalue weighted by molar-refractivity contribution is 1.08. The Morgan fingerprint density at radius 2 is 0.981 bits per heavy atom. The van der Waals surface area contributed by atoms with E-state index in [1.165, 1.54) is 5.39 Å². The lowest BCUT2D eigenvalue weighted by Crippen LogP contribution is -2.01.